The summed E-state index contributed by atoms with van der Waals surface area (Å²) in [7, 11) is 0. The number of H-pyrrole nitrogens is 1. The van der Waals surface area contributed by atoms with Gasteiger partial charge < -0.3 is 5.32 Å². The summed E-state index contributed by atoms with van der Waals surface area (Å²) in [6.45, 7) is 5.33. The summed E-state index contributed by atoms with van der Waals surface area (Å²) in [6, 6.07) is 0.345. The van der Waals surface area contributed by atoms with Gasteiger partial charge in [-0.3, -0.25) is 0 Å². The van der Waals surface area contributed by atoms with Crippen molar-refractivity contribution in [2.24, 2.45) is 0 Å². The molecule has 0 aliphatic heterocycles. The summed E-state index contributed by atoms with van der Waals surface area (Å²) in [4.78, 5) is 5.57. The molecule has 2 aromatic heterocycles. The molecule has 2 rings (SSSR count). The van der Waals surface area contributed by atoms with Crippen LogP contribution >= 0.6 is 11.3 Å². The Morgan fingerprint density at radius 1 is 1.50 bits per heavy atom. The van der Waals surface area contributed by atoms with Crippen molar-refractivity contribution in [3.05, 3.63) is 17.3 Å². The molecule has 0 spiro atoms. The van der Waals surface area contributed by atoms with Crippen molar-refractivity contribution in [3.63, 3.8) is 0 Å². The zero-order valence-corrected chi connectivity index (χ0v) is 10.2. The van der Waals surface area contributed by atoms with Crippen LogP contribution in [-0.2, 0) is 0 Å². The van der Waals surface area contributed by atoms with E-state index >= 15 is 0 Å². The summed E-state index contributed by atoms with van der Waals surface area (Å²) in [5.41, 5.74) is 0.805. The average Bonchev–Trinajstić information content (AvgIpc) is 2.94. The van der Waals surface area contributed by atoms with Gasteiger partial charge in [0.1, 0.15) is 10.7 Å². The van der Waals surface area contributed by atoms with Crippen LogP contribution in [0.3, 0.4) is 0 Å². The van der Waals surface area contributed by atoms with E-state index in [9.17, 15) is 0 Å². The zero-order chi connectivity index (χ0) is 11.4. The van der Waals surface area contributed by atoms with E-state index in [0.29, 0.717) is 6.04 Å². The third kappa shape index (κ3) is 2.45. The molecule has 2 aromatic rings. The molecule has 86 valence electrons. The van der Waals surface area contributed by atoms with Crippen LogP contribution in [0.4, 0.5) is 0 Å². The molecule has 2 N–H and O–H groups in total. The van der Waals surface area contributed by atoms with Gasteiger partial charge in [-0.1, -0.05) is 6.92 Å². The van der Waals surface area contributed by atoms with Gasteiger partial charge in [-0.05, 0) is 19.9 Å². The Labute approximate surface area is 98.3 Å². The number of aromatic nitrogens is 4. The molecule has 0 bridgehead atoms. The second-order valence-corrected chi connectivity index (χ2v) is 4.66. The number of aromatic amines is 1. The maximum atomic E-state index is 4.34. The van der Waals surface area contributed by atoms with Crippen LogP contribution in [0.15, 0.2) is 12.4 Å². The molecule has 1 unspecified atom stereocenters. The third-order valence-electron chi connectivity index (χ3n) is 2.29. The van der Waals surface area contributed by atoms with Crippen LogP contribution in [0.5, 0.6) is 0 Å². The number of rotatable bonds is 5. The molecule has 0 saturated heterocycles. The SMILES string of the molecule is CCCNC(C)c1cnc(-c2cn[nH]n2)s1. The Balaban J connectivity index is 2.07. The molecule has 5 nitrogen and oxygen atoms in total. The molecule has 6 heteroatoms. The fourth-order valence-electron chi connectivity index (χ4n) is 1.37. The summed E-state index contributed by atoms with van der Waals surface area (Å²) in [5.74, 6) is 0. The molecule has 1 atom stereocenters. The van der Waals surface area contributed by atoms with Gasteiger partial charge in [0.25, 0.3) is 0 Å². The minimum absolute atomic E-state index is 0.345. The van der Waals surface area contributed by atoms with Crippen molar-refractivity contribution < 1.29 is 0 Å². The number of hydrogen-bond acceptors (Lipinski definition) is 5. The average molecular weight is 237 g/mol. The van der Waals surface area contributed by atoms with E-state index in [1.54, 1.807) is 17.5 Å². The third-order valence-corrected chi connectivity index (χ3v) is 3.49. The van der Waals surface area contributed by atoms with Crippen molar-refractivity contribution in [2.45, 2.75) is 26.3 Å². The fraction of sp³-hybridized carbons (Fsp3) is 0.500. The van der Waals surface area contributed by atoms with E-state index in [2.05, 4.69) is 39.6 Å². The second kappa shape index (κ2) is 5.18. The van der Waals surface area contributed by atoms with Gasteiger partial charge in [-0.2, -0.15) is 15.4 Å². The highest BCUT2D eigenvalue weighted by atomic mass is 32.1. The highest BCUT2D eigenvalue weighted by molar-refractivity contribution is 7.15. The van der Waals surface area contributed by atoms with Crippen molar-refractivity contribution in [2.75, 3.05) is 6.54 Å². The van der Waals surface area contributed by atoms with Gasteiger partial charge in [0.15, 0.2) is 0 Å². The van der Waals surface area contributed by atoms with Crippen LogP contribution in [0.2, 0.25) is 0 Å². The standard InChI is InChI=1S/C10H15N5S/c1-3-4-11-7(2)9-6-12-10(16-9)8-5-13-15-14-8/h5-7,11H,3-4H2,1-2H3,(H,13,14,15). The zero-order valence-electron chi connectivity index (χ0n) is 9.40. The van der Waals surface area contributed by atoms with Crippen molar-refractivity contribution >= 4 is 11.3 Å². The van der Waals surface area contributed by atoms with E-state index in [0.717, 1.165) is 23.7 Å². The summed E-state index contributed by atoms with van der Waals surface area (Å²) in [6.07, 6.45) is 4.73. The van der Waals surface area contributed by atoms with Crippen LogP contribution in [0, 0.1) is 0 Å². The van der Waals surface area contributed by atoms with E-state index in [4.69, 9.17) is 0 Å². The monoisotopic (exact) mass is 237 g/mol. The lowest BCUT2D eigenvalue weighted by Crippen LogP contribution is -2.18. The van der Waals surface area contributed by atoms with Gasteiger partial charge in [-0.25, -0.2) is 4.98 Å². The lowest BCUT2D eigenvalue weighted by molar-refractivity contribution is 0.577. The Hall–Kier alpha value is -1.27. The topological polar surface area (TPSA) is 66.5 Å². The quantitative estimate of drug-likeness (QED) is 0.834. The lowest BCUT2D eigenvalue weighted by Gasteiger charge is -2.09. The van der Waals surface area contributed by atoms with Crippen molar-refractivity contribution in [1.82, 2.24) is 25.7 Å². The summed E-state index contributed by atoms with van der Waals surface area (Å²) in [5, 5.41) is 14.7. The van der Waals surface area contributed by atoms with E-state index in [-0.39, 0.29) is 0 Å². The number of thiazole rings is 1. The van der Waals surface area contributed by atoms with Crippen molar-refractivity contribution in [3.8, 4) is 10.7 Å². The van der Waals surface area contributed by atoms with Crippen LogP contribution in [0.1, 0.15) is 31.2 Å². The molecule has 0 fully saturated rings. The van der Waals surface area contributed by atoms with Crippen LogP contribution < -0.4 is 5.32 Å². The maximum absolute atomic E-state index is 4.34. The molecule has 0 amide bonds. The Bertz CT molecular complexity index is 422. The maximum Gasteiger partial charge on any atom is 0.145 e. The van der Waals surface area contributed by atoms with Gasteiger partial charge in [0.05, 0.1) is 6.20 Å². The predicted molar refractivity (Wildman–Crippen MR) is 64.2 cm³/mol. The smallest absolute Gasteiger partial charge is 0.145 e. The van der Waals surface area contributed by atoms with Crippen LogP contribution in [-0.4, -0.2) is 26.9 Å². The molecule has 0 aliphatic carbocycles. The van der Waals surface area contributed by atoms with E-state index in [1.165, 1.54) is 4.88 Å². The largest absolute Gasteiger partial charge is 0.309 e. The second-order valence-electron chi connectivity index (χ2n) is 3.60. The van der Waals surface area contributed by atoms with Gasteiger partial charge in [-0.15, -0.1) is 11.3 Å². The normalized spacial score (nSPS) is 12.9. The Morgan fingerprint density at radius 2 is 2.38 bits per heavy atom. The van der Waals surface area contributed by atoms with E-state index < -0.39 is 0 Å². The van der Waals surface area contributed by atoms with Crippen LogP contribution in [0.25, 0.3) is 10.7 Å². The molecule has 16 heavy (non-hydrogen) atoms. The molecule has 0 aliphatic rings. The van der Waals surface area contributed by atoms with Gasteiger partial charge >= 0.3 is 0 Å². The first kappa shape index (κ1) is 11.2. The molecule has 2 heterocycles. The number of nitrogens with zero attached hydrogens (tertiary/aromatic N) is 3. The highest BCUT2D eigenvalue weighted by Crippen LogP contribution is 2.26. The first-order chi connectivity index (χ1) is 7.81. The number of nitrogens with one attached hydrogen (secondary N) is 2. The Kier molecular flexibility index (Phi) is 3.63. The molecule has 0 radical (unpaired) electrons. The molecule has 0 aromatic carbocycles. The predicted octanol–water partition coefficient (Wildman–Crippen LogP) is 1.99. The van der Waals surface area contributed by atoms with Crippen molar-refractivity contribution in [1.29, 1.82) is 0 Å². The minimum atomic E-state index is 0.345. The Morgan fingerprint density at radius 3 is 3.06 bits per heavy atom. The van der Waals surface area contributed by atoms with Gasteiger partial charge in [0.2, 0.25) is 0 Å². The summed E-state index contributed by atoms with van der Waals surface area (Å²) < 4.78 is 0. The lowest BCUT2D eigenvalue weighted by atomic mass is 10.3. The fourth-order valence-corrected chi connectivity index (χ4v) is 2.27. The first-order valence-electron chi connectivity index (χ1n) is 5.36. The number of hydrogen-bond donors (Lipinski definition) is 2. The first-order valence-corrected chi connectivity index (χ1v) is 6.18. The van der Waals surface area contributed by atoms with Gasteiger partial charge in [0, 0.05) is 17.1 Å². The molecular formula is C10H15N5S. The summed E-state index contributed by atoms with van der Waals surface area (Å²) >= 11 is 1.65. The van der Waals surface area contributed by atoms with E-state index in [1.807, 2.05) is 6.20 Å². The highest BCUT2D eigenvalue weighted by Gasteiger charge is 2.11. The molecule has 0 saturated carbocycles. The molecular weight excluding hydrogens is 222 g/mol. The minimum Gasteiger partial charge on any atom is -0.309 e.